The summed E-state index contributed by atoms with van der Waals surface area (Å²) in [5, 5.41) is 3.92. The van der Waals surface area contributed by atoms with Crippen LogP contribution in [-0.2, 0) is 10.0 Å². The third kappa shape index (κ3) is 2.81. The molecule has 1 saturated heterocycles. The molecular formula is C12H14N4O3S. The van der Waals surface area contributed by atoms with Crippen molar-refractivity contribution in [1.82, 2.24) is 14.9 Å². The molecule has 0 amide bonds. The van der Waals surface area contributed by atoms with Gasteiger partial charge in [-0.1, -0.05) is 18.2 Å². The summed E-state index contributed by atoms with van der Waals surface area (Å²) in [6, 6.07) is 9.45. The molecule has 20 heavy (non-hydrogen) atoms. The van der Waals surface area contributed by atoms with Crippen molar-refractivity contribution in [2.75, 3.05) is 30.3 Å². The van der Waals surface area contributed by atoms with E-state index in [2.05, 4.69) is 14.9 Å². The number of aromatic nitrogens is 2. The fourth-order valence-electron chi connectivity index (χ4n) is 1.99. The van der Waals surface area contributed by atoms with Crippen LogP contribution in [0.2, 0.25) is 0 Å². The van der Waals surface area contributed by atoms with Crippen molar-refractivity contribution in [1.29, 1.82) is 0 Å². The summed E-state index contributed by atoms with van der Waals surface area (Å²) < 4.78 is 30.7. The van der Waals surface area contributed by atoms with Crippen LogP contribution >= 0.6 is 0 Å². The maximum Gasteiger partial charge on any atom is 0.266 e. The van der Waals surface area contributed by atoms with Crippen LogP contribution in [0.25, 0.3) is 11.5 Å². The lowest BCUT2D eigenvalue weighted by Crippen LogP contribution is -2.29. The largest absolute Gasteiger partial charge is 0.336 e. The van der Waals surface area contributed by atoms with Crippen molar-refractivity contribution in [2.24, 2.45) is 0 Å². The summed E-state index contributed by atoms with van der Waals surface area (Å²) in [5.74, 6) is 0.880. The van der Waals surface area contributed by atoms with Crippen molar-refractivity contribution in [3.8, 4) is 11.5 Å². The Bertz CT molecular complexity index is 684. The van der Waals surface area contributed by atoms with Crippen LogP contribution in [0, 0.1) is 0 Å². The van der Waals surface area contributed by atoms with Crippen molar-refractivity contribution in [3.63, 3.8) is 0 Å². The van der Waals surface area contributed by atoms with Gasteiger partial charge in [0.2, 0.25) is 10.0 Å². The average molecular weight is 294 g/mol. The molecule has 0 radical (unpaired) electrons. The van der Waals surface area contributed by atoms with Gasteiger partial charge in [0, 0.05) is 25.2 Å². The maximum atomic E-state index is 11.5. The molecule has 0 spiro atoms. The molecule has 2 heterocycles. The number of nitrogens with zero attached hydrogens (tertiary/aromatic N) is 3. The van der Waals surface area contributed by atoms with E-state index < -0.39 is 10.0 Å². The molecule has 0 saturated carbocycles. The van der Waals surface area contributed by atoms with Crippen molar-refractivity contribution >= 4 is 16.0 Å². The van der Waals surface area contributed by atoms with Gasteiger partial charge in [0.15, 0.2) is 0 Å². The van der Waals surface area contributed by atoms with Gasteiger partial charge in [-0.15, -0.1) is 0 Å². The number of benzene rings is 1. The Balaban J connectivity index is 1.80. The Morgan fingerprint density at radius 3 is 2.80 bits per heavy atom. The normalized spacial score (nSPS) is 18.7. The van der Waals surface area contributed by atoms with Gasteiger partial charge in [-0.2, -0.15) is 4.98 Å². The Morgan fingerprint density at radius 1 is 1.20 bits per heavy atom. The van der Waals surface area contributed by atoms with E-state index in [9.17, 15) is 8.42 Å². The fraction of sp³-hybridized carbons (Fsp3) is 0.333. The van der Waals surface area contributed by atoms with Crippen LogP contribution in [0.4, 0.5) is 5.95 Å². The summed E-state index contributed by atoms with van der Waals surface area (Å²) in [6.07, 6.45) is 0. The van der Waals surface area contributed by atoms with Gasteiger partial charge >= 0.3 is 0 Å². The number of hydrogen-bond donors (Lipinski definition) is 1. The molecule has 1 fully saturated rings. The van der Waals surface area contributed by atoms with E-state index in [0.717, 1.165) is 5.56 Å². The molecule has 106 valence electrons. The minimum atomic E-state index is -3.18. The molecule has 0 unspecified atom stereocenters. The monoisotopic (exact) mass is 294 g/mol. The number of hydrogen-bond acceptors (Lipinski definition) is 6. The summed E-state index contributed by atoms with van der Waals surface area (Å²) >= 11 is 0. The standard InChI is InChI=1S/C12H14N4O3S/c17-20(18)9-8-16(7-6-13-20)12-14-11(19-15-12)10-4-2-1-3-5-10/h1-5,13H,6-9H2. The molecule has 1 aliphatic rings. The lowest BCUT2D eigenvalue weighted by molar-refractivity contribution is 0.429. The first-order valence-corrected chi connectivity index (χ1v) is 7.91. The fourth-order valence-corrected chi connectivity index (χ4v) is 3.00. The molecule has 2 aromatic rings. The zero-order valence-corrected chi connectivity index (χ0v) is 11.5. The molecule has 3 rings (SSSR count). The number of rotatable bonds is 2. The van der Waals surface area contributed by atoms with Crippen LogP contribution in [0.3, 0.4) is 0 Å². The summed E-state index contributed by atoms with van der Waals surface area (Å²) in [5.41, 5.74) is 0.840. The molecule has 1 N–H and O–H groups in total. The second kappa shape index (κ2) is 5.22. The summed E-state index contributed by atoms with van der Waals surface area (Å²) in [7, 11) is -3.18. The lowest BCUT2D eigenvalue weighted by atomic mass is 10.2. The highest BCUT2D eigenvalue weighted by atomic mass is 32.2. The first-order chi connectivity index (χ1) is 9.64. The predicted octanol–water partition coefficient (Wildman–Crippen LogP) is 0.476. The van der Waals surface area contributed by atoms with Crippen LogP contribution in [0.15, 0.2) is 34.9 Å². The van der Waals surface area contributed by atoms with E-state index in [-0.39, 0.29) is 5.75 Å². The zero-order valence-electron chi connectivity index (χ0n) is 10.7. The van der Waals surface area contributed by atoms with Gasteiger partial charge in [0.05, 0.1) is 5.75 Å². The number of anilines is 1. The molecule has 0 aliphatic carbocycles. The van der Waals surface area contributed by atoms with Gasteiger partial charge in [0.25, 0.3) is 11.8 Å². The van der Waals surface area contributed by atoms with Crippen LogP contribution in [0.1, 0.15) is 0 Å². The van der Waals surface area contributed by atoms with E-state index in [4.69, 9.17) is 4.52 Å². The minimum Gasteiger partial charge on any atom is -0.336 e. The average Bonchev–Trinajstić information content (AvgIpc) is 2.86. The number of nitrogens with one attached hydrogen (secondary N) is 1. The Morgan fingerprint density at radius 2 is 2.00 bits per heavy atom. The second-order valence-corrected chi connectivity index (χ2v) is 6.39. The third-order valence-corrected chi connectivity index (χ3v) is 4.42. The summed E-state index contributed by atoms with van der Waals surface area (Å²) in [4.78, 5) is 6.12. The Kier molecular flexibility index (Phi) is 3.41. The SMILES string of the molecule is O=S1(=O)CCN(c2noc(-c3ccccc3)n2)CCN1. The quantitative estimate of drug-likeness (QED) is 0.866. The zero-order chi connectivity index (χ0) is 14.0. The molecule has 1 aliphatic heterocycles. The molecular weight excluding hydrogens is 280 g/mol. The van der Waals surface area contributed by atoms with Crippen molar-refractivity contribution in [3.05, 3.63) is 30.3 Å². The predicted molar refractivity (Wildman–Crippen MR) is 73.7 cm³/mol. The molecule has 8 heteroatoms. The highest BCUT2D eigenvalue weighted by molar-refractivity contribution is 7.89. The van der Waals surface area contributed by atoms with E-state index in [1.807, 2.05) is 30.3 Å². The van der Waals surface area contributed by atoms with Crippen LogP contribution < -0.4 is 9.62 Å². The first-order valence-electron chi connectivity index (χ1n) is 6.25. The highest BCUT2D eigenvalue weighted by Gasteiger charge is 2.22. The van der Waals surface area contributed by atoms with Crippen molar-refractivity contribution < 1.29 is 12.9 Å². The molecule has 1 aromatic heterocycles. The van der Waals surface area contributed by atoms with Gasteiger partial charge in [-0.3, -0.25) is 0 Å². The topological polar surface area (TPSA) is 88.3 Å². The second-order valence-electron chi connectivity index (χ2n) is 4.47. The maximum absolute atomic E-state index is 11.5. The molecule has 0 atom stereocenters. The molecule has 0 bridgehead atoms. The van der Waals surface area contributed by atoms with Gasteiger partial charge in [-0.25, -0.2) is 13.1 Å². The first kappa shape index (κ1) is 13.1. The summed E-state index contributed by atoms with van der Waals surface area (Å²) in [6.45, 7) is 1.22. The van der Waals surface area contributed by atoms with Gasteiger partial charge in [-0.05, 0) is 17.3 Å². The van der Waals surface area contributed by atoms with Gasteiger partial charge in [0.1, 0.15) is 0 Å². The Hall–Kier alpha value is -1.93. The number of sulfonamides is 1. The Labute approximate surface area is 116 Å². The molecule has 1 aromatic carbocycles. The lowest BCUT2D eigenvalue weighted by Gasteiger charge is -2.15. The van der Waals surface area contributed by atoms with Gasteiger partial charge < -0.3 is 9.42 Å². The molecule has 7 nitrogen and oxygen atoms in total. The van der Waals surface area contributed by atoms with E-state index in [1.165, 1.54) is 0 Å². The third-order valence-electron chi connectivity index (χ3n) is 3.05. The van der Waals surface area contributed by atoms with E-state index >= 15 is 0 Å². The highest BCUT2D eigenvalue weighted by Crippen LogP contribution is 2.20. The van der Waals surface area contributed by atoms with Crippen LogP contribution in [-0.4, -0.2) is 43.9 Å². The van der Waals surface area contributed by atoms with Crippen molar-refractivity contribution in [2.45, 2.75) is 0 Å². The van der Waals surface area contributed by atoms with Crippen LogP contribution in [0.5, 0.6) is 0 Å². The van der Waals surface area contributed by atoms with E-state index in [0.29, 0.717) is 31.5 Å². The van der Waals surface area contributed by atoms with E-state index in [1.54, 1.807) is 4.90 Å². The smallest absolute Gasteiger partial charge is 0.266 e. The minimum absolute atomic E-state index is 0.0300.